The Morgan fingerprint density at radius 3 is 2.73 bits per heavy atom. The predicted octanol–water partition coefficient (Wildman–Crippen LogP) is 4.57. The van der Waals surface area contributed by atoms with E-state index in [0.29, 0.717) is 19.2 Å². The van der Waals surface area contributed by atoms with Crippen LogP contribution in [-0.2, 0) is 4.74 Å². The summed E-state index contributed by atoms with van der Waals surface area (Å²) in [6.07, 6.45) is 1.94. The van der Waals surface area contributed by atoms with E-state index in [2.05, 4.69) is 47.5 Å². The first-order valence-corrected chi connectivity index (χ1v) is 11.4. The molecule has 7 heteroatoms. The molecule has 0 bridgehead atoms. The van der Waals surface area contributed by atoms with Gasteiger partial charge >= 0.3 is 6.09 Å². The number of carbonyl (C=O) groups excluding carboxylic acids is 1. The molecule has 2 aliphatic rings. The van der Waals surface area contributed by atoms with E-state index in [-0.39, 0.29) is 12.1 Å². The van der Waals surface area contributed by atoms with Gasteiger partial charge < -0.3 is 15.0 Å². The van der Waals surface area contributed by atoms with Crippen molar-refractivity contribution >= 4 is 38.5 Å². The molecular formula is C23H26N4O2S. The number of piperidine rings is 1. The molecule has 1 atom stereocenters. The zero-order chi connectivity index (χ0) is 20.5. The Morgan fingerprint density at radius 2 is 1.97 bits per heavy atom. The van der Waals surface area contributed by atoms with Gasteiger partial charge in [-0.3, -0.25) is 4.90 Å². The van der Waals surface area contributed by atoms with Gasteiger partial charge in [-0.15, -0.1) is 0 Å². The average molecular weight is 423 g/mol. The zero-order valence-electron chi connectivity index (χ0n) is 17.1. The third-order valence-electron chi connectivity index (χ3n) is 5.98. The van der Waals surface area contributed by atoms with Gasteiger partial charge in [-0.25, -0.2) is 9.78 Å². The number of nitrogens with zero attached hydrogens (tertiary/aromatic N) is 3. The molecule has 1 unspecified atom stereocenters. The number of ether oxygens (including phenoxy) is 1. The molecule has 2 aromatic carbocycles. The topological polar surface area (TPSA) is 57.7 Å². The fourth-order valence-corrected chi connectivity index (χ4v) is 5.29. The SMILES string of the molecule is CC(NC1CCN(c2nc3ccccc3s2)CC1)c1cccc(N2CCOC2=O)c1. The summed E-state index contributed by atoms with van der Waals surface area (Å²) in [5.41, 5.74) is 3.20. The molecule has 156 valence electrons. The highest BCUT2D eigenvalue weighted by molar-refractivity contribution is 7.22. The van der Waals surface area contributed by atoms with Crippen molar-refractivity contribution in [3.8, 4) is 0 Å². The number of para-hydroxylation sites is 1. The highest BCUT2D eigenvalue weighted by Gasteiger charge is 2.25. The first kappa shape index (κ1) is 19.3. The number of amides is 1. The number of carbonyl (C=O) groups is 1. The van der Waals surface area contributed by atoms with Crippen molar-refractivity contribution in [1.82, 2.24) is 10.3 Å². The van der Waals surface area contributed by atoms with Crippen molar-refractivity contribution < 1.29 is 9.53 Å². The average Bonchev–Trinajstić information content (AvgIpc) is 3.40. The lowest BCUT2D eigenvalue weighted by Crippen LogP contribution is -2.43. The number of fused-ring (bicyclic) bond motifs is 1. The predicted molar refractivity (Wildman–Crippen MR) is 122 cm³/mol. The van der Waals surface area contributed by atoms with Gasteiger partial charge in [-0.1, -0.05) is 35.6 Å². The van der Waals surface area contributed by atoms with Gasteiger partial charge in [-0.2, -0.15) is 0 Å². The summed E-state index contributed by atoms with van der Waals surface area (Å²) < 4.78 is 6.32. The second-order valence-electron chi connectivity index (χ2n) is 7.97. The Morgan fingerprint density at radius 1 is 1.13 bits per heavy atom. The van der Waals surface area contributed by atoms with Crippen LogP contribution in [0.5, 0.6) is 0 Å². The van der Waals surface area contributed by atoms with Gasteiger partial charge in [0.2, 0.25) is 0 Å². The zero-order valence-corrected chi connectivity index (χ0v) is 17.9. The third kappa shape index (κ3) is 3.87. The Hall–Kier alpha value is -2.64. The molecule has 30 heavy (non-hydrogen) atoms. The summed E-state index contributed by atoms with van der Waals surface area (Å²) in [7, 11) is 0. The van der Waals surface area contributed by atoms with Crippen molar-refractivity contribution in [2.75, 3.05) is 36.0 Å². The Kier molecular flexibility index (Phi) is 5.31. The third-order valence-corrected chi connectivity index (χ3v) is 7.07. The molecule has 0 saturated carbocycles. The summed E-state index contributed by atoms with van der Waals surface area (Å²) >= 11 is 1.78. The lowest BCUT2D eigenvalue weighted by Gasteiger charge is -2.34. The van der Waals surface area contributed by atoms with E-state index in [1.165, 1.54) is 10.3 Å². The standard InChI is InChI=1S/C23H26N4O2S/c1-16(17-5-4-6-19(15-17)27-13-14-29-23(27)28)24-18-9-11-26(12-10-18)22-25-20-7-2-3-8-21(20)30-22/h2-8,15-16,18,24H,9-14H2,1H3. The van der Waals surface area contributed by atoms with Crippen LogP contribution in [0.1, 0.15) is 31.4 Å². The van der Waals surface area contributed by atoms with E-state index >= 15 is 0 Å². The van der Waals surface area contributed by atoms with Crippen LogP contribution in [0.25, 0.3) is 10.2 Å². The minimum Gasteiger partial charge on any atom is -0.447 e. The van der Waals surface area contributed by atoms with E-state index in [4.69, 9.17) is 9.72 Å². The number of anilines is 2. The highest BCUT2D eigenvalue weighted by atomic mass is 32.1. The summed E-state index contributed by atoms with van der Waals surface area (Å²) in [4.78, 5) is 20.8. The summed E-state index contributed by atoms with van der Waals surface area (Å²) in [5, 5.41) is 4.92. The second kappa shape index (κ2) is 8.24. The summed E-state index contributed by atoms with van der Waals surface area (Å²) in [5.74, 6) is 0. The molecule has 2 aliphatic heterocycles. The van der Waals surface area contributed by atoms with Gasteiger partial charge in [0, 0.05) is 30.9 Å². The fourth-order valence-electron chi connectivity index (χ4n) is 4.27. The summed E-state index contributed by atoms with van der Waals surface area (Å²) in [6.45, 7) is 5.31. The molecule has 0 spiro atoms. The molecule has 2 fully saturated rings. The Bertz CT molecular complexity index is 1010. The number of hydrogen-bond donors (Lipinski definition) is 1. The van der Waals surface area contributed by atoms with Crippen molar-refractivity contribution in [3.05, 3.63) is 54.1 Å². The van der Waals surface area contributed by atoms with E-state index in [0.717, 1.165) is 42.3 Å². The molecule has 5 rings (SSSR count). The maximum Gasteiger partial charge on any atom is 0.414 e. The Labute approximate surface area is 180 Å². The largest absolute Gasteiger partial charge is 0.447 e. The molecule has 2 saturated heterocycles. The molecule has 1 amide bonds. The first-order valence-electron chi connectivity index (χ1n) is 10.6. The quantitative estimate of drug-likeness (QED) is 0.653. The van der Waals surface area contributed by atoms with E-state index in [9.17, 15) is 4.79 Å². The monoisotopic (exact) mass is 422 g/mol. The van der Waals surface area contributed by atoms with Crippen LogP contribution in [-0.4, -0.2) is 43.4 Å². The maximum atomic E-state index is 11.9. The molecule has 0 aliphatic carbocycles. The number of rotatable bonds is 5. The molecule has 3 aromatic rings. The minimum absolute atomic E-state index is 0.225. The second-order valence-corrected chi connectivity index (χ2v) is 8.98. The van der Waals surface area contributed by atoms with Crippen molar-refractivity contribution in [3.63, 3.8) is 0 Å². The van der Waals surface area contributed by atoms with E-state index < -0.39 is 0 Å². The van der Waals surface area contributed by atoms with Crippen molar-refractivity contribution in [2.24, 2.45) is 0 Å². The normalized spacial score (nSPS) is 18.8. The number of thiazole rings is 1. The van der Waals surface area contributed by atoms with E-state index in [1.807, 2.05) is 18.2 Å². The molecule has 3 heterocycles. The maximum absolute atomic E-state index is 11.9. The van der Waals surface area contributed by atoms with Gasteiger partial charge in [0.15, 0.2) is 5.13 Å². The minimum atomic E-state index is -0.255. The summed E-state index contributed by atoms with van der Waals surface area (Å²) in [6, 6.07) is 17.3. The van der Waals surface area contributed by atoms with Crippen LogP contribution in [0.2, 0.25) is 0 Å². The van der Waals surface area contributed by atoms with Crippen LogP contribution < -0.4 is 15.1 Å². The fraction of sp³-hybridized carbons (Fsp3) is 0.391. The van der Waals surface area contributed by atoms with Crippen LogP contribution in [0.3, 0.4) is 0 Å². The molecule has 1 N–H and O–H groups in total. The lowest BCUT2D eigenvalue weighted by molar-refractivity contribution is 0.181. The van der Waals surface area contributed by atoms with Crippen LogP contribution in [0, 0.1) is 0 Å². The van der Waals surface area contributed by atoms with Crippen molar-refractivity contribution in [2.45, 2.75) is 31.8 Å². The highest BCUT2D eigenvalue weighted by Crippen LogP contribution is 2.31. The van der Waals surface area contributed by atoms with Crippen LogP contribution in [0.4, 0.5) is 15.6 Å². The van der Waals surface area contributed by atoms with Gasteiger partial charge in [-0.05, 0) is 49.6 Å². The van der Waals surface area contributed by atoms with Gasteiger partial charge in [0.05, 0.1) is 16.8 Å². The number of aromatic nitrogens is 1. The molecule has 0 radical (unpaired) electrons. The number of benzene rings is 2. The van der Waals surface area contributed by atoms with Crippen molar-refractivity contribution in [1.29, 1.82) is 0 Å². The van der Waals surface area contributed by atoms with E-state index in [1.54, 1.807) is 16.2 Å². The Balaban J connectivity index is 1.19. The lowest BCUT2D eigenvalue weighted by atomic mass is 10.0. The van der Waals surface area contributed by atoms with Crippen LogP contribution >= 0.6 is 11.3 Å². The molecular weight excluding hydrogens is 396 g/mol. The number of hydrogen-bond acceptors (Lipinski definition) is 6. The molecule has 1 aromatic heterocycles. The smallest absolute Gasteiger partial charge is 0.414 e. The van der Waals surface area contributed by atoms with Gasteiger partial charge in [0.25, 0.3) is 0 Å². The number of nitrogens with one attached hydrogen (secondary N) is 1. The molecule has 6 nitrogen and oxygen atoms in total. The van der Waals surface area contributed by atoms with Gasteiger partial charge in [0.1, 0.15) is 6.61 Å². The number of cyclic esters (lactones) is 1. The van der Waals surface area contributed by atoms with Crippen LogP contribution in [0.15, 0.2) is 48.5 Å². The first-order chi connectivity index (χ1) is 14.7.